The summed E-state index contributed by atoms with van der Waals surface area (Å²) in [5, 5.41) is 3.17. The molecule has 26 heavy (non-hydrogen) atoms. The summed E-state index contributed by atoms with van der Waals surface area (Å²) in [6.45, 7) is 2.14. The van der Waals surface area contributed by atoms with E-state index in [1.54, 1.807) is 18.3 Å². The van der Waals surface area contributed by atoms with Gasteiger partial charge in [0.15, 0.2) is 0 Å². The summed E-state index contributed by atoms with van der Waals surface area (Å²) in [6, 6.07) is 5.47. The van der Waals surface area contributed by atoms with Crippen molar-refractivity contribution in [2.24, 2.45) is 23.2 Å². The summed E-state index contributed by atoms with van der Waals surface area (Å²) in [5.74, 6) is 2.24. The standard InChI is InChI=1S/C21H25N3O2/c1-13(21-9-14-6-15(10-21)8-16(7-14)11-21)23-19(25)17-12-22-18-4-2-3-5-24(18)20(17)26/h2-5,12-16H,6-11H2,1H3,(H,23,25). The summed E-state index contributed by atoms with van der Waals surface area (Å²) in [6.07, 6.45) is 10.9. The van der Waals surface area contributed by atoms with Gasteiger partial charge in [0.1, 0.15) is 11.2 Å². The van der Waals surface area contributed by atoms with Crippen LogP contribution in [0.1, 0.15) is 55.8 Å². The molecule has 4 aliphatic carbocycles. The molecule has 0 radical (unpaired) electrons. The fourth-order valence-corrected chi connectivity index (χ4v) is 6.32. The lowest BCUT2D eigenvalue weighted by Gasteiger charge is -2.59. The van der Waals surface area contributed by atoms with Gasteiger partial charge >= 0.3 is 0 Å². The van der Waals surface area contributed by atoms with Gasteiger partial charge in [-0.05, 0) is 80.8 Å². The zero-order valence-corrected chi connectivity index (χ0v) is 15.1. The SMILES string of the molecule is CC(NC(=O)c1cnc2ccccn2c1=O)C12CC3CC(CC(C3)C1)C2. The second kappa shape index (κ2) is 5.66. The Morgan fingerprint density at radius 3 is 2.50 bits per heavy atom. The van der Waals surface area contributed by atoms with E-state index in [2.05, 4.69) is 17.2 Å². The normalized spacial score (nSPS) is 33.3. The van der Waals surface area contributed by atoms with Crippen LogP contribution < -0.4 is 10.9 Å². The Kier molecular flexibility index (Phi) is 3.49. The third-order valence-corrected chi connectivity index (χ3v) is 7.21. The van der Waals surface area contributed by atoms with Crippen LogP contribution in [0.3, 0.4) is 0 Å². The van der Waals surface area contributed by atoms with Crippen LogP contribution >= 0.6 is 0 Å². The fourth-order valence-electron chi connectivity index (χ4n) is 6.32. The summed E-state index contributed by atoms with van der Waals surface area (Å²) in [4.78, 5) is 29.8. The molecule has 4 aliphatic rings. The van der Waals surface area contributed by atoms with Gasteiger partial charge in [-0.1, -0.05) is 6.07 Å². The van der Waals surface area contributed by atoms with Gasteiger partial charge in [0.2, 0.25) is 0 Å². The highest BCUT2D eigenvalue weighted by Gasteiger charge is 2.53. The number of hydrogen-bond acceptors (Lipinski definition) is 3. The second-order valence-corrected chi connectivity index (χ2v) is 8.88. The first-order valence-corrected chi connectivity index (χ1v) is 9.81. The van der Waals surface area contributed by atoms with Crippen molar-refractivity contribution in [2.75, 3.05) is 0 Å². The Morgan fingerprint density at radius 1 is 1.19 bits per heavy atom. The highest BCUT2D eigenvalue weighted by atomic mass is 16.2. The van der Waals surface area contributed by atoms with Gasteiger partial charge in [-0.15, -0.1) is 0 Å². The zero-order valence-electron chi connectivity index (χ0n) is 15.1. The number of fused-ring (bicyclic) bond motifs is 1. The fraction of sp³-hybridized carbons (Fsp3) is 0.571. The van der Waals surface area contributed by atoms with Gasteiger partial charge in [0.05, 0.1) is 0 Å². The van der Waals surface area contributed by atoms with Gasteiger partial charge in [-0.3, -0.25) is 14.0 Å². The Labute approximate surface area is 152 Å². The number of nitrogens with one attached hydrogen (secondary N) is 1. The molecule has 5 heteroatoms. The molecule has 0 aromatic carbocycles. The number of carbonyl (C=O) groups is 1. The maximum Gasteiger partial charge on any atom is 0.270 e. The highest BCUT2D eigenvalue weighted by Crippen LogP contribution is 2.61. The summed E-state index contributed by atoms with van der Waals surface area (Å²) >= 11 is 0. The van der Waals surface area contributed by atoms with Crippen LogP contribution in [-0.4, -0.2) is 21.3 Å². The minimum Gasteiger partial charge on any atom is -0.349 e. The first-order valence-electron chi connectivity index (χ1n) is 9.81. The van der Waals surface area contributed by atoms with Crippen molar-refractivity contribution < 1.29 is 4.79 Å². The van der Waals surface area contributed by atoms with Crippen molar-refractivity contribution in [1.29, 1.82) is 0 Å². The van der Waals surface area contributed by atoms with Crippen LogP contribution in [0.15, 0.2) is 35.4 Å². The lowest BCUT2D eigenvalue weighted by atomic mass is 9.48. The lowest BCUT2D eigenvalue weighted by Crippen LogP contribution is -2.56. The van der Waals surface area contributed by atoms with Gasteiger partial charge in [-0.25, -0.2) is 4.98 Å². The number of rotatable bonds is 3. The topological polar surface area (TPSA) is 63.5 Å². The maximum absolute atomic E-state index is 12.8. The number of hydrogen-bond donors (Lipinski definition) is 1. The Morgan fingerprint density at radius 2 is 1.85 bits per heavy atom. The van der Waals surface area contributed by atoms with Crippen LogP contribution in [0.2, 0.25) is 0 Å². The van der Waals surface area contributed by atoms with Crippen molar-refractivity contribution in [2.45, 2.75) is 51.5 Å². The van der Waals surface area contributed by atoms with Gasteiger partial charge in [-0.2, -0.15) is 0 Å². The van der Waals surface area contributed by atoms with E-state index >= 15 is 0 Å². The van der Waals surface area contributed by atoms with E-state index in [9.17, 15) is 9.59 Å². The molecule has 1 N–H and O–H groups in total. The molecule has 5 nitrogen and oxygen atoms in total. The van der Waals surface area contributed by atoms with Crippen LogP contribution in [-0.2, 0) is 0 Å². The highest BCUT2D eigenvalue weighted by molar-refractivity contribution is 5.94. The van der Waals surface area contributed by atoms with E-state index < -0.39 is 0 Å². The monoisotopic (exact) mass is 351 g/mol. The van der Waals surface area contributed by atoms with Crippen molar-refractivity contribution in [3.8, 4) is 0 Å². The molecule has 6 rings (SSSR count). The molecule has 4 fully saturated rings. The molecule has 1 atom stereocenters. The molecule has 4 saturated carbocycles. The summed E-state index contributed by atoms with van der Waals surface area (Å²) < 4.78 is 1.43. The van der Waals surface area contributed by atoms with Gasteiger partial charge in [0, 0.05) is 18.4 Å². The molecule has 1 amide bonds. The average molecular weight is 351 g/mol. The smallest absolute Gasteiger partial charge is 0.270 e. The van der Waals surface area contributed by atoms with Crippen LogP contribution in [0.5, 0.6) is 0 Å². The summed E-state index contributed by atoms with van der Waals surface area (Å²) in [5.41, 5.74) is 0.615. The van der Waals surface area contributed by atoms with Crippen molar-refractivity contribution >= 4 is 11.6 Å². The molecular formula is C21H25N3O2. The van der Waals surface area contributed by atoms with E-state index in [0.29, 0.717) is 5.65 Å². The first-order chi connectivity index (χ1) is 12.5. The average Bonchev–Trinajstić information content (AvgIpc) is 2.61. The number of aromatic nitrogens is 2. The number of pyridine rings is 1. The quantitative estimate of drug-likeness (QED) is 0.924. The molecule has 1 unspecified atom stereocenters. The Hall–Kier alpha value is -2.17. The third kappa shape index (κ3) is 2.40. The minimum atomic E-state index is -0.300. The molecule has 0 aliphatic heterocycles. The second-order valence-electron chi connectivity index (χ2n) is 8.88. The number of carbonyl (C=O) groups excluding carboxylic acids is 1. The van der Waals surface area contributed by atoms with E-state index in [4.69, 9.17) is 0 Å². The first kappa shape index (κ1) is 16.0. The van der Waals surface area contributed by atoms with Crippen LogP contribution in [0.25, 0.3) is 5.65 Å². The van der Waals surface area contributed by atoms with Crippen LogP contribution in [0, 0.1) is 23.2 Å². The summed E-state index contributed by atoms with van der Waals surface area (Å²) in [7, 11) is 0. The van der Waals surface area contributed by atoms with Gasteiger partial charge in [0.25, 0.3) is 11.5 Å². The van der Waals surface area contributed by atoms with Crippen LogP contribution in [0.4, 0.5) is 0 Å². The predicted octanol–water partition coefficient (Wildman–Crippen LogP) is 3.03. The van der Waals surface area contributed by atoms with Crippen molar-refractivity contribution in [1.82, 2.24) is 14.7 Å². The maximum atomic E-state index is 12.8. The van der Waals surface area contributed by atoms with E-state index in [0.717, 1.165) is 17.8 Å². The number of nitrogens with zero attached hydrogens (tertiary/aromatic N) is 2. The Bertz CT molecular complexity index is 897. The minimum absolute atomic E-state index is 0.0965. The van der Waals surface area contributed by atoms with Gasteiger partial charge < -0.3 is 5.32 Å². The lowest BCUT2D eigenvalue weighted by molar-refractivity contribution is -0.0688. The molecule has 2 aromatic rings. The molecule has 2 aromatic heterocycles. The largest absolute Gasteiger partial charge is 0.349 e. The van der Waals surface area contributed by atoms with E-state index in [1.165, 1.54) is 49.1 Å². The van der Waals surface area contributed by atoms with Crippen molar-refractivity contribution in [3.63, 3.8) is 0 Å². The molecule has 136 valence electrons. The van der Waals surface area contributed by atoms with E-state index in [-0.39, 0.29) is 28.5 Å². The molecule has 0 saturated heterocycles. The Balaban J connectivity index is 1.40. The van der Waals surface area contributed by atoms with Crippen molar-refractivity contribution in [3.05, 3.63) is 46.5 Å². The molecular weight excluding hydrogens is 326 g/mol. The molecule has 2 heterocycles. The third-order valence-electron chi connectivity index (χ3n) is 7.21. The number of amides is 1. The predicted molar refractivity (Wildman–Crippen MR) is 99.0 cm³/mol. The molecule has 4 bridgehead atoms. The molecule has 0 spiro atoms. The zero-order chi connectivity index (χ0) is 17.9. The van der Waals surface area contributed by atoms with E-state index in [1.807, 2.05) is 6.07 Å².